The van der Waals surface area contributed by atoms with E-state index in [1.807, 2.05) is 67.6 Å². The summed E-state index contributed by atoms with van der Waals surface area (Å²) in [5, 5.41) is 6.31. The maximum atomic E-state index is 14.3. The molecule has 2 bridgehead atoms. The Morgan fingerprint density at radius 1 is 1.10 bits per heavy atom. The maximum Gasteiger partial charge on any atom is 0.246 e. The van der Waals surface area contributed by atoms with E-state index in [-0.39, 0.29) is 30.3 Å². The first-order valence-corrected chi connectivity index (χ1v) is 14.7. The van der Waals surface area contributed by atoms with Crippen LogP contribution in [-0.4, -0.2) is 53.5 Å². The van der Waals surface area contributed by atoms with Crippen molar-refractivity contribution < 1.29 is 23.9 Å². The van der Waals surface area contributed by atoms with Crippen molar-refractivity contribution in [2.75, 3.05) is 12.4 Å². The zero-order chi connectivity index (χ0) is 28.9. The Morgan fingerprint density at radius 3 is 2.68 bits per heavy atom. The average molecular weight is 558 g/mol. The number of aryl methyl sites for hydroxylation is 1. The summed E-state index contributed by atoms with van der Waals surface area (Å²) < 4.78 is 11.9. The van der Waals surface area contributed by atoms with Crippen molar-refractivity contribution in [1.29, 1.82) is 0 Å². The van der Waals surface area contributed by atoms with Gasteiger partial charge in [-0.3, -0.25) is 14.4 Å². The lowest BCUT2D eigenvalue weighted by molar-refractivity contribution is -0.142. The number of likely N-dealkylation sites (tertiary alicyclic amines) is 1. The minimum Gasteiger partial charge on any atom is -0.497 e. The van der Waals surface area contributed by atoms with Gasteiger partial charge in [0.15, 0.2) is 0 Å². The van der Waals surface area contributed by atoms with Gasteiger partial charge in [0.05, 0.1) is 25.0 Å². The van der Waals surface area contributed by atoms with E-state index < -0.39 is 29.6 Å². The summed E-state index contributed by atoms with van der Waals surface area (Å²) in [6.45, 7) is 6.58. The van der Waals surface area contributed by atoms with E-state index in [9.17, 15) is 14.4 Å². The second-order valence-corrected chi connectivity index (χ2v) is 12.3. The highest BCUT2D eigenvalue weighted by molar-refractivity contribution is 6.02. The number of fused-ring (bicyclic) bond motifs is 1. The number of hydrogen-bond acceptors (Lipinski definition) is 5. The van der Waals surface area contributed by atoms with Crippen LogP contribution in [0.25, 0.3) is 0 Å². The van der Waals surface area contributed by atoms with Crippen molar-refractivity contribution in [3.63, 3.8) is 0 Å². The Hall–Kier alpha value is -3.65. The predicted octanol–water partition coefficient (Wildman–Crippen LogP) is 4.23. The molecule has 4 aliphatic rings. The van der Waals surface area contributed by atoms with Crippen LogP contribution >= 0.6 is 0 Å². The van der Waals surface area contributed by atoms with E-state index in [1.165, 1.54) is 0 Å². The number of ether oxygens (including phenoxy) is 2. The van der Waals surface area contributed by atoms with Crippen LogP contribution in [0.5, 0.6) is 5.75 Å². The van der Waals surface area contributed by atoms with E-state index in [0.29, 0.717) is 23.3 Å². The van der Waals surface area contributed by atoms with Crippen LogP contribution in [-0.2, 0) is 25.7 Å². The Bertz CT molecular complexity index is 1390. The van der Waals surface area contributed by atoms with Crippen LogP contribution in [0.15, 0.2) is 60.7 Å². The van der Waals surface area contributed by atoms with Gasteiger partial charge < -0.3 is 25.0 Å². The Labute approximate surface area is 241 Å². The number of methoxy groups -OCH3 is 1. The molecule has 0 radical (unpaired) electrons. The van der Waals surface area contributed by atoms with E-state index in [0.717, 1.165) is 30.4 Å². The van der Waals surface area contributed by atoms with Gasteiger partial charge in [-0.1, -0.05) is 63.1 Å². The van der Waals surface area contributed by atoms with Gasteiger partial charge in [0, 0.05) is 18.3 Å². The number of nitrogens with one attached hydrogen (secondary N) is 2. The summed E-state index contributed by atoms with van der Waals surface area (Å²) in [5.41, 5.74) is 1.32. The van der Waals surface area contributed by atoms with Gasteiger partial charge >= 0.3 is 0 Å². The highest BCUT2D eigenvalue weighted by Crippen LogP contribution is 2.55. The van der Waals surface area contributed by atoms with Crippen molar-refractivity contribution in [2.24, 2.45) is 23.7 Å². The Morgan fingerprint density at radius 2 is 1.90 bits per heavy atom. The van der Waals surface area contributed by atoms with Gasteiger partial charge in [-0.05, 0) is 60.6 Å². The van der Waals surface area contributed by atoms with Gasteiger partial charge in [-0.2, -0.15) is 0 Å². The molecule has 8 atom stereocenters. The molecule has 3 fully saturated rings. The van der Waals surface area contributed by atoms with Gasteiger partial charge in [0.1, 0.15) is 17.4 Å². The van der Waals surface area contributed by atoms with Crippen LogP contribution in [0.1, 0.15) is 44.2 Å². The van der Waals surface area contributed by atoms with Gasteiger partial charge in [0.2, 0.25) is 17.7 Å². The molecule has 1 aliphatic carbocycles. The summed E-state index contributed by atoms with van der Waals surface area (Å²) in [6, 6.07) is 14.2. The molecule has 2 aromatic carbocycles. The lowest BCUT2D eigenvalue weighted by Crippen LogP contribution is -2.57. The standard InChI is InChI=1S/C33H39N3O5/c1-19-8-5-11-23(16-19)34-30(37)27-26-14-15-33(41-26)28(27)32(39)36(18-22-10-7-12-24(17-22)40-4)29(33)31(38)35-25-13-6-9-20(2)21(25)3/h5,7-8,10-12,14-17,20-21,25-29H,6,9,13,18H2,1-4H3,(H,34,37)(H,35,38)/t20-,21-,25+,26-,27+,28-,29-,33-/m0/s1. The molecule has 2 aromatic rings. The largest absolute Gasteiger partial charge is 0.497 e. The first-order chi connectivity index (χ1) is 19.7. The minimum atomic E-state index is -1.21. The van der Waals surface area contributed by atoms with E-state index in [1.54, 1.807) is 12.0 Å². The van der Waals surface area contributed by atoms with E-state index in [2.05, 4.69) is 24.5 Å². The van der Waals surface area contributed by atoms with Crippen molar-refractivity contribution in [2.45, 2.75) is 70.4 Å². The normalized spacial score (nSPS) is 33.5. The molecule has 1 saturated carbocycles. The molecule has 6 rings (SSSR count). The minimum absolute atomic E-state index is 0.0264. The Kier molecular flexibility index (Phi) is 7.14. The van der Waals surface area contributed by atoms with Gasteiger partial charge in [-0.15, -0.1) is 0 Å². The quantitative estimate of drug-likeness (QED) is 0.497. The van der Waals surface area contributed by atoms with Gasteiger partial charge in [0.25, 0.3) is 0 Å². The lowest BCUT2D eigenvalue weighted by Gasteiger charge is -2.38. The third kappa shape index (κ3) is 4.72. The highest BCUT2D eigenvalue weighted by Gasteiger charge is 2.72. The smallest absolute Gasteiger partial charge is 0.246 e. The molecule has 1 spiro atoms. The average Bonchev–Trinajstić information content (AvgIpc) is 3.59. The second kappa shape index (κ2) is 10.6. The van der Waals surface area contributed by atoms with Gasteiger partial charge in [-0.25, -0.2) is 0 Å². The number of amides is 3. The number of nitrogens with zero attached hydrogens (tertiary/aromatic N) is 1. The van der Waals surface area contributed by atoms with Crippen molar-refractivity contribution in [3.05, 3.63) is 71.8 Å². The first kappa shape index (κ1) is 27.5. The predicted molar refractivity (Wildman–Crippen MR) is 155 cm³/mol. The molecular formula is C33H39N3O5. The molecule has 3 aliphatic heterocycles. The highest BCUT2D eigenvalue weighted by atomic mass is 16.5. The lowest BCUT2D eigenvalue weighted by atomic mass is 9.73. The first-order valence-electron chi connectivity index (χ1n) is 14.7. The van der Waals surface area contributed by atoms with E-state index in [4.69, 9.17) is 9.47 Å². The molecule has 0 aromatic heterocycles. The van der Waals surface area contributed by atoms with Crippen molar-refractivity contribution in [1.82, 2.24) is 10.2 Å². The molecular weight excluding hydrogens is 518 g/mol. The fourth-order valence-electron chi connectivity index (χ4n) is 7.40. The summed E-state index contributed by atoms with van der Waals surface area (Å²) in [4.78, 5) is 43.8. The monoisotopic (exact) mass is 557 g/mol. The Balaban J connectivity index is 1.34. The topological polar surface area (TPSA) is 97.0 Å². The molecule has 3 heterocycles. The number of anilines is 1. The summed E-state index contributed by atoms with van der Waals surface area (Å²) in [7, 11) is 1.60. The van der Waals surface area contributed by atoms with Crippen molar-refractivity contribution >= 4 is 23.4 Å². The molecule has 41 heavy (non-hydrogen) atoms. The summed E-state index contributed by atoms with van der Waals surface area (Å²) in [6.07, 6.45) is 6.25. The molecule has 2 N–H and O–H groups in total. The number of hydrogen-bond donors (Lipinski definition) is 2. The molecule has 0 unspecified atom stereocenters. The third-order valence-corrected chi connectivity index (χ3v) is 9.73. The van der Waals surface area contributed by atoms with Crippen molar-refractivity contribution in [3.8, 4) is 5.75 Å². The number of carbonyl (C=O) groups excluding carboxylic acids is 3. The third-order valence-electron chi connectivity index (χ3n) is 9.73. The SMILES string of the molecule is COc1cccc(CN2C(=O)[C@@H]3[C@H](C(=O)Nc4cccc(C)c4)[C@@H]4C=C[C@@]3(O4)[C@@H]2C(=O)N[C@@H]2CCC[C@H](C)[C@@H]2C)c1. The number of benzene rings is 2. The maximum absolute atomic E-state index is 14.3. The molecule has 3 amide bonds. The van der Waals surface area contributed by atoms with Crippen LogP contribution in [0.4, 0.5) is 5.69 Å². The van der Waals surface area contributed by atoms with E-state index >= 15 is 0 Å². The van der Waals surface area contributed by atoms with Crippen LogP contribution < -0.4 is 15.4 Å². The molecule has 8 nitrogen and oxygen atoms in total. The molecule has 2 saturated heterocycles. The molecule has 216 valence electrons. The zero-order valence-corrected chi connectivity index (χ0v) is 24.1. The summed E-state index contributed by atoms with van der Waals surface area (Å²) >= 11 is 0. The van der Waals surface area contributed by atoms with Crippen LogP contribution in [0.3, 0.4) is 0 Å². The fraction of sp³-hybridized carbons (Fsp3) is 0.485. The fourth-order valence-corrected chi connectivity index (χ4v) is 7.40. The van der Waals surface area contributed by atoms with Crippen LogP contribution in [0, 0.1) is 30.6 Å². The second-order valence-electron chi connectivity index (χ2n) is 12.3. The number of rotatable bonds is 7. The van der Waals surface area contributed by atoms with Crippen LogP contribution in [0.2, 0.25) is 0 Å². The summed E-state index contributed by atoms with van der Waals surface area (Å²) in [5.74, 6) is -0.777. The zero-order valence-electron chi connectivity index (χ0n) is 24.1. The molecule has 8 heteroatoms. The number of carbonyl (C=O) groups is 3.